The number of aliphatic imine (C=N–C) groups is 1. The molecule has 0 saturated carbocycles. The maximum absolute atomic E-state index is 4.17. The molecule has 2 nitrogen and oxygen atoms in total. The first-order valence-electron chi connectivity index (χ1n) is 3.86. The summed E-state index contributed by atoms with van der Waals surface area (Å²) in [4.78, 5) is 8.34. The third kappa shape index (κ3) is 2.03. The number of pyridine rings is 1. The molecule has 0 unspecified atom stereocenters. The second kappa shape index (κ2) is 4.54. The Morgan fingerprint density at radius 2 is 2.42 bits per heavy atom. The van der Waals surface area contributed by atoms with Crippen LogP contribution in [0.2, 0.25) is 0 Å². The molecule has 0 aliphatic heterocycles. The van der Waals surface area contributed by atoms with E-state index in [0.29, 0.717) is 0 Å². The van der Waals surface area contributed by atoms with E-state index in [0.717, 1.165) is 12.2 Å². The molecule has 0 spiro atoms. The molecule has 0 aliphatic carbocycles. The minimum atomic E-state index is 0.837. The van der Waals surface area contributed by atoms with Gasteiger partial charge in [-0.25, -0.2) is 9.98 Å². The highest BCUT2D eigenvalue weighted by Gasteiger charge is 2.00. The summed E-state index contributed by atoms with van der Waals surface area (Å²) in [5.74, 6) is 0.837. The van der Waals surface area contributed by atoms with Gasteiger partial charge >= 0.3 is 0 Å². The van der Waals surface area contributed by atoms with Gasteiger partial charge in [0.15, 0.2) is 5.82 Å². The molecule has 0 atom stereocenters. The first-order valence-corrected chi connectivity index (χ1v) is 5.11. The first-order chi connectivity index (χ1) is 5.79. The maximum atomic E-state index is 4.17. The van der Waals surface area contributed by atoms with E-state index in [1.807, 2.05) is 12.3 Å². The van der Waals surface area contributed by atoms with Crippen LogP contribution < -0.4 is 0 Å². The summed E-state index contributed by atoms with van der Waals surface area (Å²) < 4.78 is 1.74. The summed E-state index contributed by atoms with van der Waals surface area (Å²) in [6, 6.07) is 2.04. The van der Waals surface area contributed by atoms with Crippen LogP contribution in [0.15, 0.2) is 17.3 Å². The SMILES string of the molecule is CCc1ccnc(N=CI)c1C. The van der Waals surface area contributed by atoms with Crippen LogP contribution in [-0.2, 0) is 6.42 Å². The Kier molecular flexibility index (Phi) is 3.65. The lowest BCUT2D eigenvalue weighted by atomic mass is 10.1. The van der Waals surface area contributed by atoms with Crippen LogP contribution in [0.3, 0.4) is 0 Å². The standard InChI is InChI=1S/C9H11IN2/c1-3-8-4-5-11-9(7(8)2)12-6-10/h4-6H,3H2,1-2H3. The molecule has 0 radical (unpaired) electrons. The summed E-state index contributed by atoms with van der Waals surface area (Å²) in [6.45, 7) is 4.20. The zero-order valence-electron chi connectivity index (χ0n) is 7.21. The molecule has 64 valence electrons. The number of aromatic nitrogens is 1. The van der Waals surface area contributed by atoms with E-state index in [1.165, 1.54) is 11.1 Å². The van der Waals surface area contributed by atoms with Crippen molar-refractivity contribution < 1.29 is 0 Å². The molecule has 0 aliphatic rings. The molecule has 1 aromatic heterocycles. The van der Waals surface area contributed by atoms with Gasteiger partial charge in [-0.15, -0.1) is 0 Å². The third-order valence-corrected chi connectivity index (χ3v) is 2.12. The van der Waals surface area contributed by atoms with Gasteiger partial charge in [0, 0.05) is 6.20 Å². The highest BCUT2D eigenvalue weighted by Crippen LogP contribution is 2.18. The Hall–Kier alpha value is -0.450. The molecule has 0 N–H and O–H groups in total. The molecule has 0 aromatic carbocycles. The van der Waals surface area contributed by atoms with Gasteiger partial charge in [-0.05, 0) is 53.1 Å². The average molecular weight is 274 g/mol. The van der Waals surface area contributed by atoms with Crippen LogP contribution in [0.5, 0.6) is 0 Å². The van der Waals surface area contributed by atoms with E-state index in [-0.39, 0.29) is 0 Å². The molecule has 1 aromatic rings. The van der Waals surface area contributed by atoms with Crippen LogP contribution in [-0.4, -0.2) is 9.21 Å². The van der Waals surface area contributed by atoms with Crippen molar-refractivity contribution in [1.29, 1.82) is 0 Å². The van der Waals surface area contributed by atoms with Crippen molar-refractivity contribution in [2.24, 2.45) is 4.99 Å². The fourth-order valence-electron chi connectivity index (χ4n) is 1.12. The fraction of sp³-hybridized carbons (Fsp3) is 0.333. The Balaban J connectivity index is 3.13. The average Bonchev–Trinajstić information content (AvgIpc) is 2.09. The highest BCUT2D eigenvalue weighted by molar-refractivity contribution is 14.1. The normalized spacial score (nSPS) is 10.9. The highest BCUT2D eigenvalue weighted by atomic mass is 127. The minimum absolute atomic E-state index is 0.837. The fourth-order valence-corrected chi connectivity index (χ4v) is 1.39. The van der Waals surface area contributed by atoms with Crippen molar-refractivity contribution in [2.45, 2.75) is 20.3 Å². The summed E-state index contributed by atoms with van der Waals surface area (Å²) >= 11 is 2.10. The predicted octanol–water partition coefficient (Wildman–Crippen LogP) is 3.05. The smallest absolute Gasteiger partial charge is 0.155 e. The van der Waals surface area contributed by atoms with Crippen LogP contribution >= 0.6 is 22.6 Å². The van der Waals surface area contributed by atoms with Gasteiger partial charge < -0.3 is 0 Å². The van der Waals surface area contributed by atoms with Gasteiger partial charge in [0.25, 0.3) is 0 Å². The van der Waals surface area contributed by atoms with Gasteiger partial charge in [0.05, 0.1) is 4.22 Å². The van der Waals surface area contributed by atoms with E-state index in [9.17, 15) is 0 Å². The number of halogens is 1. The molecular formula is C9H11IN2. The van der Waals surface area contributed by atoms with Gasteiger partial charge in [0.1, 0.15) is 0 Å². The van der Waals surface area contributed by atoms with Crippen LogP contribution in [0.1, 0.15) is 18.1 Å². The second-order valence-corrected chi connectivity index (χ2v) is 3.06. The van der Waals surface area contributed by atoms with Crippen LogP contribution in [0, 0.1) is 6.92 Å². The molecule has 3 heteroatoms. The van der Waals surface area contributed by atoms with Crippen molar-refractivity contribution in [2.75, 3.05) is 0 Å². The number of nitrogens with zero attached hydrogens (tertiary/aromatic N) is 2. The van der Waals surface area contributed by atoms with E-state index < -0.39 is 0 Å². The number of rotatable bonds is 2. The quantitative estimate of drug-likeness (QED) is 0.601. The van der Waals surface area contributed by atoms with Crippen LogP contribution in [0.25, 0.3) is 0 Å². The lowest BCUT2D eigenvalue weighted by molar-refractivity contribution is 1.08. The lowest BCUT2D eigenvalue weighted by Gasteiger charge is -2.03. The van der Waals surface area contributed by atoms with Crippen molar-refractivity contribution in [3.05, 3.63) is 23.4 Å². The van der Waals surface area contributed by atoms with Gasteiger partial charge in [-0.3, -0.25) is 0 Å². The Morgan fingerprint density at radius 3 is 3.00 bits per heavy atom. The Morgan fingerprint density at radius 1 is 1.67 bits per heavy atom. The van der Waals surface area contributed by atoms with Gasteiger partial charge in [-0.1, -0.05) is 6.92 Å². The van der Waals surface area contributed by atoms with Crippen molar-refractivity contribution in [3.8, 4) is 0 Å². The maximum Gasteiger partial charge on any atom is 0.155 e. The molecular weight excluding hydrogens is 263 g/mol. The Bertz CT molecular complexity index is 295. The van der Waals surface area contributed by atoms with E-state index >= 15 is 0 Å². The van der Waals surface area contributed by atoms with Crippen molar-refractivity contribution in [3.63, 3.8) is 0 Å². The van der Waals surface area contributed by atoms with E-state index in [4.69, 9.17) is 0 Å². The van der Waals surface area contributed by atoms with Gasteiger partial charge in [0.2, 0.25) is 0 Å². The van der Waals surface area contributed by atoms with Gasteiger partial charge in [-0.2, -0.15) is 0 Å². The predicted molar refractivity (Wildman–Crippen MR) is 60.5 cm³/mol. The molecule has 1 heterocycles. The second-order valence-electron chi connectivity index (χ2n) is 2.50. The Labute approximate surface area is 86.3 Å². The summed E-state index contributed by atoms with van der Waals surface area (Å²) in [5.41, 5.74) is 2.51. The largest absolute Gasteiger partial charge is 0.237 e. The molecule has 0 bridgehead atoms. The minimum Gasteiger partial charge on any atom is -0.237 e. The third-order valence-electron chi connectivity index (χ3n) is 1.84. The number of aryl methyl sites for hydroxylation is 1. The van der Waals surface area contributed by atoms with Crippen LogP contribution in [0.4, 0.5) is 5.82 Å². The zero-order valence-corrected chi connectivity index (χ0v) is 9.37. The van der Waals surface area contributed by atoms with Crippen molar-refractivity contribution >= 4 is 32.6 Å². The summed E-state index contributed by atoms with van der Waals surface area (Å²) in [6.07, 6.45) is 2.85. The van der Waals surface area contributed by atoms with E-state index in [2.05, 4.69) is 46.4 Å². The molecule has 0 amide bonds. The first kappa shape index (κ1) is 9.64. The number of hydrogen-bond acceptors (Lipinski definition) is 2. The molecule has 1 rings (SSSR count). The topological polar surface area (TPSA) is 25.2 Å². The molecule has 0 saturated heterocycles. The molecule has 12 heavy (non-hydrogen) atoms. The number of hydrogen-bond donors (Lipinski definition) is 0. The van der Waals surface area contributed by atoms with E-state index in [1.54, 1.807) is 4.22 Å². The van der Waals surface area contributed by atoms with Crippen molar-refractivity contribution in [1.82, 2.24) is 4.98 Å². The summed E-state index contributed by atoms with van der Waals surface area (Å²) in [7, 11) is 0. The summed E-state index contributed by atoms with van der Waals surface area (Å²) in [5, 5.41) is 0. The molecule has 0 fully saturated rings. The lowest BCUT2D eigenvalue weighted by Crippen LogP contribution is -1.88. The zero-order chi connectivity index (χ0) is 8.97. The monoisotopic (exact) mass is 274 g/mol.